The minimum Gasteiger partial charge on any atom is -0.454 e. The van der Waals surface area contributed by atoms with Crippen LogP contribution in [0, 0.1) is 10.1 Å². The van der Waals surface area contributed by atoms with Crippen molar-refractivity contribution in [2.24, 2.45) is 0 Å². The number of anilines is 1. The van der Waals surface area contributed by atoms with E-state index in [0.29, 0.717) is 29.0 Å². The van der Waals surface area contributed by atoms with Gasteiger partial charge in [-0.15, -0.1) is 0 Å². The zero-order valence-electron chi connectivity index (χ0n) is 13.2. The van der Waals surface area contributed by atoms with E-state index in [1.807, 2.05) is 6.07 Å². The Labute approximate surface area is 160 Å². The lowest BCUT2D eigenvalue weighted by Crippen LogP contribution is -2.23. The van der Waals surface area contributed by atoms with Crippen molar-refractivity contribution in [3.63, 3.8) is 0 Å². The van der Waals surface area contributed by atoms with Crippen molar-refractivity contribution in [2.75, 3.05) is 11.9 Å². The smallest absolute Gasteiger partial charge is 0.292 e. The average molecular weight is 440 g/mol. The van der Waals surface area contributed by atoms with Gasteiger partial charge in [0.05, 0.1) is 22.5 Å². The molecule has 0 aliphatic carbocycles. The number of nitrogens with one attached hydrogen (secondary N) is 1. The number of halogens is 2. The molecule has 0 fully saturated rings. The third-order valence-corrected chi connectivity index (χ3v) is 4.33. The minimum absolute atomic E-state index is 0.0148. The number of nitro groups is 1. The lowest BCUT2D eigenvalue weighted by molar-refractivity contribution is -0.384. The van der Waals surface area contributed by atoms with Gasteiger partial charge in [0.15, 0.2) is 4.67 Å². The summed E-state index contributed by atoms with van der Waals surface area (Å²) < 4.78 is 7.13. The normalized spacial score (nSPS) is 10.7. The first-order valence-electron chi connectivity index (χ1n) is 7.46. The summed E-state index contributed by atoms with van der Waals surface area (Å²) in [4.78, 5) is 22.6. The van der Waals surface area contributed by atoms with Crippen molar-refractivity contribution in [1.82, 2.24) is 9.78 Å². The Morgan fingerprint density at radius 2 is 2.00 bits per heavy atom. The summed E-state index contributed by atoms with van der Waals surface area (Å²) >= 11 is 9.37. The molecule has 1 aromatic carbocycles. The third-order valence-electron chi connectivity index (χ3n) is 3.54. The Hall–Kier alpha value is -2.65. The van der Waals surface area contributed by atoms with Gasteiger partial charge >= 0.3 is 0 Å². The molecule has 26 heavy (non-hydrogen) atoms. The summed E-state index contributed by atoms with van der Waals surface area (Å²) in [5.74, 6) is 0.785. The fraction of sp³-hybridized carbons (Fsp3) is 0.125. The summed E-state index contributed by atoms with van der Waals surface area (Å²) in [6.07, 6.45) is 2.04. The highest BCUT2D eigenvalue weighted by Gasteiger charge is 2.12. The summed E-state index contributed by atoms with van der Waals surface area (Å²) in [6, 6.07) is 9.11. The van der Waals surface area contributed by atoms with Crippen LogP contribution >= 0.6 is 27.5 Å². The van der Waals surface area contributed by atoms with Crippen molar-refractivity contribution < 1.29 is 9.34 Å². The number of benzene rings is 1. The summed E-state index contributed by atoms with van der Waals surface area (Å²) in [5.41, 5.74) is 0.192. The summed E-state index contributed by atoms with van der Waals surface area (Å²) in [6.45, 7) is 0.502. The zero-order chi connectivity index (χ0) is 18.7. The number of non-ortho nitro benzene ring substituents is 1. The molecule has 0 aliphatic rings. The van der Waals surface area contributed by atoms with Gasteiger partial charge in [0.2, 0.25) is 0 Å². The molecule has 0 unspecified atom stereocenters. The molecule has 0 radical (unpaired) electrons. The van der Waals surface area contributed by atoms with Crippen molar-refractivity contribution in [3.8, 4) is 5.69 Å². The fourth-order valence-electron chi connectivity index (χ4n) is 2.26. The Morgan fingerprint density at radius 3 is 2.62 bits per heavy atom. The minimum atomic E-state index is -0.522. The maximum atomic E-state index is 12.4. The standard InChI is InChI=1S/C16H12BrClN4O4/c17-14-6-5-12(26-14)7-8-19-13-9-20-21(16(23)15(13)18)10-1-3-11(4-2-10)22(24)25/h1-6,9,19H,7-8H2. The summed E-state index contributed by atoms with van der Waals surface area (Å²) in [7, 11) is 0. The van der Waals surface area contributed by atoms with Crippen LogP contribution in [-0.4, -0.2) is 21.2 Å². The molecule has 134 valence electrons. The van der Waals surface area contributed by atoms with E-state index < -0.39 is 10.5 Å². The molecule has 0 atom stereocenters. The Balaban J connectivity index is 1.75. The van der Waals surface area contributed by atoms with Crippen molar-refractivity contribution >= 4 is 38.9 Å². The highest BCUT2D eigenvalue weighted by molar-refractivity contribution is 9.10. The van der Waals surface area contributed by atoms with Crippen molar-refractivity contribution in [2.45, 2.75) is 6.42 Å². The van der Waals surface area contributed by atoms with Crippen LogP contribution in [0.25, 0.3) is 5.69 Å². The second-order valence-corrected chi connectivity index (χ2v) is 6.40. The van der Waals surface area contributed by atoms with E-state index in [4.69, 9.17) is 16.0 Å². The molecule has 0 aliphatic heterocycles. The maximum Gasteiger partial charge on any atom is 0.292 e. The number of hydrogen-bond acceptors (Lipinski definition) is 6. The third kappa shape index (κ3) is 3.94. The molecule has 1 N–H and O–H groups in total. The lowest BCUT2D eigenvalue weighted by atomic mass is 10.3. The van der Waals surface area contributed by atoms with E-state index in [1.165, 1.54) is 30.5 Å². The van der Waals surface area contributed by atoms with E-state index in [-0.39, 0.29) is 10.7 Å². The predicted molar refractivity (Wildman–Crippen MR) is 100 cm³/mol. The van der Waals surface area contributed by atoms with E-state index in [0.717, 1.165) is 10.4 Å². The molecule has 0 amide bonds. The maximum absolute atomic E-state index is 12.4. The molecule has 8 nitrogen and oxygen atoms in total. The molecule has 10 heteroatoms. The van der Waals surface area contributed by atoms with Gasteiger partial charge < -0.3 is 9.73 Å². The molecule has 0 saturated heterocycles. The van der Waals surface area contributed by atoms with Gasteiger partial charge in [0.25, 0.3) is 11.2 Å². The van der Waals surface area contributed by atoms with Gasteiger partial charge in [-0.05, 0) is 40.2 Å². The molecular weight excluding hydrogens is 428 g/mol. The average Bonchev–Trinajstić information content (AvgIpc) is 3.04. The number of rotatable bonds is 6. The van der Waals surface area contributed by atoms with Gasteiger partial charge in [0, 0.05) is 25.1 Å². The van der Waals surface area contributed by atoms with Crippen LogP contribution in [0.1, 0.15) is 5.76 Å². The van der Waals surface area contributed by atoms with E-state index in [2.05, 4.69) is 26.3 Å². The second kappa shape index (κ2) is 7.71. The summed E-state index contributed by atoms with van der Waals surface area (Å²) in [5, 5.41) is 17.8. The number of aromatic nitrogens is 2. The number of nitrogens with zero attached hydrogens (tertiary/aromatic N) is 3. The molecule has 3 rings (SSSR count). The van der Waals surface area contributed by atoms with Gasteiger partial charge in [-0.1, -0.05) is 11.6 Å². The van der Waals surface area contributed by atoms with Crippen molar-refractivity contribution in [1.29, 1.82) is 0 Å². The van der Waals surface area contributed by atoms with Crippen LogP contribution in [0.2, 0.25) is 5.02 Å². The fourth-order valence-corrected chi connectivity index (χ4v) is 2.80. The highest BCUT2D eigenvalue weighted by atomic mass is 79.9. The van der Waals surface area contributed by atoms with Crippen LogP contribution in [0.3, 0.4) is 0 Å². The number of hydrogen-bond donors (Lipinski definition) is 1. The van der Waals surface area contributed by atoms with E-state index in [1.54, 1.807) is 6.07 Å². The monoisotopic (exact) mass is 438 g/mol. The zero-order valence-corrected chi connectivity index (χ0v) is 15.5. The van der Waals surface area contributed by atoms with E-state index in [9.17, 15) is 14.9 Å². The lowest BCUT2D eigenvalue weighted by Gasteiger charge is -2.09. The van der Waals surface area contributed by atoms with Gasteiger partial charge in [-0.25, -0.2) is 0 Å². The highest BCUT2D eigenvalue weighted by Crippen LogP contribution is 2.19. The number of furan rings is 1. The first-order chi connectivity index (χ1) is 12.5. The molecule has 0 bridgehead atoms. The largest absolute Gasteiger partial charge is 0.454 e. The molecule has 3 aromatic rings. The van der Waals surface area contributed by atoms with E-state index >= 15 is 0 Å². The molecule has 0 spiro atoms. The van der Waals surface area contributed by atoms with Gasteiger partial charge in [-0.3, -0.25) is 14.9 Å². The van der Waals surface area contributed by atoms with Crippen LogP contribution in [0.5, 0.6) is 0 Å². The number of nitro benzene ring substituents is 1. The molecule has 0 saturated carbocycles. The predicted octanol–water partition coefficient (Wildman–Crippen LogP) is 3.80. The second-order valence-electron chi connectivity index (χ2n) is 5.25. The van der Waals surface area contributed by atoms with Crippen molar-refractivity contribution in [3.05, 3.63) is 78.5 Å². The SMILES string of the molecule is O=c1c(Cl)c(NCCc2ccc(Br)o2)cnn1-c1ccc([N+](=O)[O-])cc1. The van der Waals surface area contributed by atoms with Crippen LogP contribution < -0.4 is 10.9 Å². The molecule has 2 heterocycles. The van der Waals surface area contributed by atoms with Crippen LogP contribution in [0.15, 0.2) is 56.5 Å². The van der Waals surface area contributed by atoms with Crippen LogP contribution in [-0.2, 0) is 6.42 Å². The Kier molecular flexibility index (Phi) is 5.38. The van der Waals surface area contributed by atoms with Gasteiger partial charge in [0.1, 0.15) is 10.8 Å². The van der Waals surface area contributed by atoms with Gasteiger partial charge in [-0.2, -0.15) is 9.78 Å². The Morgan fingerprint density at radius 1 is 1.27 bits per heavy atom. The first-order valence-corrected chi connectivity index (χ1v) is 8.63. The first kappa shape index (κ1) is 18.2. The Bertz CT molecular complexity index is 1000. The van der Waals surface area contributed by atoms with Crippen LogP contribution in [0.4, 0.5) is 11.4 Å². The topological polar surface area (TPSA) is 103 Å². The quantitative estimate of drug-likeness (QED) is 0.463. The molecular formula is C16H12BrClN4O4. The molecule has 2 aromatic heterocycles.